The van der Waals surface area contributed by atoms with Gasteiger partial charge in [-0.25, -0.2) is 15.0 Å². The van der Waals surface area contributed by atoms with Gasteiger partial charge in [0.05, 0.1) is 19.5 Å². The number of ether oxygens (including phenoxy) is 2. The number of hydrogen-bond donors (Lipinski definition) is 2. The zero-order chi connectivity index (χ0) is 20.5. The molecule has 3 rings (SSSR count). The lowest BCUT2D eigenvalue weighted by molar-refractivity contribution is -0.141. The van der Waals surface area contributed by atoms with Crippen LogP contribution in [0.5, 0.6) is 5.75 Å². The van der Waals surface area contributed by atoms with Gasteiger partial charge < -0.3 is 24.3 Å². The molecule has 0 aliphatic rings. The van der Waals surface area contributed by atoms with E-state index >= 15 is 0 Å². The molecule has 0 amide bonds. The lowest BCUT2D eigenvalue weighted by atomic mass is 10.3. The molecule has 2 heterocycles. The number of carbonyl (C=O) groups is 1. The fraction of sp³-hybridized carbons (Fsp3) is 0.333. The lowest BCUT2D eigenvalue weighted by Crippen LogP contribution is -2.24. The molecule has 0 bridgehead atoms. The van der Waals surface area contributed by atoms with Gasteiger partial charge in [-0.05, 0) is 19.1 Å². The topological polar surface area (TPSA) is 126 Å². The van der Waals surface area contributed by atoms with E-state index in [2.05, 4.69) is 20.0 Å². The third-order valence-electron chi connectivity index (χ3n) is 3.78. The van der Waals surface area contributed by atoms with Crippen molar-refractivity contribution in [2.45, 2.75) is 13.5 Å². The van der Waals surface area contributed by atoms with Gasteiger partial charge in [0.2, 0.25) is 0 Å². The highest BCUT2D eigenvalue weighted by Crippen LogP contribution is 2.33. The van der Waals surface area contributed by atoms with Crippen LogP contribution in [-0.4, -0.2) is 51.6 Å². The zero-order valence-electron chi connectivity index (χ0n) is 16.0. The first kappa shape index (κ1) is 20.9. The number of rotatable bonds is 11. The number of nitrogens with two attached hydrogens (primary N) is 1. The standard InChI is InChI=1S/C18H23N6O4P/c1-2-27-15(25)10-23-29(28-14-6-4-3-5-7-14)13-26-9-8-24-12-22-16-17(19)20-11-21-18(16)24/h3-7,11-12,23H,2,8-10,13H2,1H3,(H2,19,20,21). The van der Waals surface area contributed by atoms with E-state index in [4.69, 9.17) is 19.7 Å². The summed E-state index contributed by atoms with van der Waals surface area (Å²) in [5, 5.41) is 3.07. The third-order valence-corrected chi connectivity index (χ3v) is 5.14. The molecule has 1 aromatic carbocycles. The molecule has 0 radical (unpaired) electrons. The van der Waals surface area contributed by atoms with Crippen LogP contribution >= 0.6 is 8.30 Å². The number of anilines is 1. The van der Waals surface area contributed by atoms with Crippen molar-refractivity contribution in [2.24, 2.45) is 0 Å². The van der Waals surface area contributed by atoms with Crippen molar-refractivity contribution in [1.29, 1.82) is 0 Å². The Morgan fingerprint density at radius 3 is 2.86 bits per heavy atom. The maximum Gasteiger partial charge on any atom is 0.320 e. The van der Waals surface area contributed by atoms with Gasteiger partial charge in [-0.3, -0.25) is 9.88 Å². The van der Waals surface area contributed by atoms with Gasteiger partial charge in [-0.1, -0.05) is 18.2 Å². The number of benzene rings is 1. The molecule has 0 aliphatic carbocycles. The number of aromatic nitrogens is 4. The van der Waals surface area contributed by atoms with Gasteiger partial charge in [0.15, 0.2) is 19.8 Å². The van der Waals surface area contributed by atoms with Crippen molar-refractivity contribution < 1.29 is 18.8 Å². The van der Waals surface area contributed by atoms with Crippen molar-refractivity contribution >= 4 is 31.3 Å². The monoisotopic (exact) mass is 418 g/mol. The normalized spacial score (nSPS) is 12.0. The molecule has 3 N–H and O–H groups in total. The van der Waals surface area contributed by atoms with Gasteiger partial charge in [-0.15, -0.1) is 0 Å². The van der Waals surface area contributed by atoms with Crippen LogP contribution in [0, 0.1) is 0 Å². The van der Waals surface area contributed by atoms with Gasteiger partial charge >= 0.3 is 5.97 Å². The Hall–Kier alpha value is -2.81. The second-order valence-corrected chi connectivity index (χ2v) is 7.34. The molecule has 1 atom stereocenters. The largest absolute Gasteiger partial charge is 0.465 e. The smallest absolute Gasteiger partial charge is 0.320 e. The molecule has 154 valence electrons. The van der Waals surface area contributed by atoms with Crippen LogP contribution in [0.15, 0.2) is 43.0 Å². The Bertz CT molecular complexity index is 923. The van der Waals surface area contributed by atoms with Crippen LogP contribution in [0.4, 0.5) is 5.82 Å². The molecule has 1 unspecified atom stereocenters. The van der Waals surface area contributed by atoms with Crippen molar-refractivity contribution in [2.75, 3.05) is 31.8 Å². The van der Waals surface area contributed by atoms with Crippen LogP contribution in [0.25, 0.3) is 11.2 Å². The summed E-state index contributed by atoms with van der Waals surface area (Å²) in [6.45, 7) is 3.11. The second kappa shape index (κ2) is 10.7. The van der Waals surface area contributed by atoms with Crippen LogP contribution in [-0.2, 0) is 20.8 Å². The van der Waals surface area contributed by atoms with Gasteiger partial charge in [0.25, 0.3) is 0 Å². The van der Waals surface area contributed by atoms with E-state index in [-0.39, 0.29) is 12.5 Å². The third kappa shape index (κ3) is 6.08. The first-order valence-corrected chi connectivity index (χ1v) is 10.5. The molecule has 0 spiro atoms. The van der Waals surface area contributed by atoms with E-state index in [1.807, 2.05) is 34.9 Å². The lowest BCUT2D eigenvalue weighted by Gasteiger charge is -2.19. The molecule has 3 aromatic rings. The van der Waals surface area contributed by atoms with Gasteiger partial charge in [0.1, 0.15) is 30.5 Å². The molecule has 0 saturated heterocycles. The number of esters is 1. The number of fused-ring (bicyclic) bond motifs is 1. The summed E-state index contributed by atoms with van der Waals surface area (Å²) in [7, 11) is -1.23. The van der Waals surface area contributed by atoms with E-state index in [1.54, 1.807) is 13.3 Å². The highest BCUT2D eigenvalue weighted by molar-refractivity contribution is 7.50. The molecule has 2 aromatic heterocycles. The van der Waals surface area contributed by atoms with Crippen molar-refractivity contribution in [3.05, 3.63) is 43.0 Å². The van der Waals surface area contributed by atoms with Gasteiger partial charge in [0, 0.05) is 6.54 Å². The first-order chi connectivity index (χ1) is 14.2. The molecule has 11 heteroatoms. The Kier molecular flexibility index (Phi) is 7.69. The summed E-state index contributed by atoms with van der Waals surface area (Å²) >= 11 is 0. The number of nitrogens with zero attached hydrogens (tertiary/aromatic N) is 4. The number of hydrogen-bond acceptors (Lipinski definition) is 9. The molecule has 10 nitrogen and oxygen atoms in total. The molecule has 0 aliphatic heterocycles. The molecule has 0 saturated carbocycles. The molecular weight excluding hydrogens is 395 g/mol. The predicted molar refractivity (Wildman–Crippen MR) is 109 cm³/mol. The highest BCUT2D eigenvalue weighted by atomic mass is 31.2. The summed E-state index contributed by atoms with van der Waals surface area (Å²) in [4.78, 5) is 24.0. The van der Waals surface area contributed by atoms with E-state index in [0.717, 1.165) is 0 Å². The first-order valence-electron chi connectivity index (χ1n) is 9.06. The maximum absolute atomic E-state index is 11.6. The Morgan fingerprint density at radius 2 is 2.07 bits per heavy atom. The Morgan fingerprint density at radius 1 is 1.24 bits per heavy atom. The minimum atomic E-state index is -1.23. The average Bonchev–Trinajstić information content (AvgIpc) is 3.14. The maximum atomic E-state index is 11.6. The van der Waals surface area contributed by atoms with Crippen LogP contribution in [0.3, 0.4) is 0 Å². The second-order valence-electron chi connectivity index (χ2n) is 5.83. The van der Waals surface area contributed by atoms with Crippen LogP contribution in [0.1, 0.15) is 6.92 Å². The minimum absolute atomic E-state index is 0.0537. The fourth-order valence-corrected chi connectivity index (χ4v) is 3.64. The average molecular weight is 418 g/mol. The summed E-state index contributed by atoms with van der Waals surface area (Å²) in [6.07, 6.45) is 3.36. The quantitative estimate of drug-likeness (QED) is 0.273. The number of imidazole rings is 1. The highest BCUT2D eigenvalue weighted by Gasteiger charge is 2.14. The van der Waals surface area contributed by atoms with Crippen LogP contribution < -0.4 is 15.3 Å². The Labute approximate surface area is 169 Å². The fourth-order valence-electron chi connectivity index (χ4n) is 2.45. The van der Waals surface area contributed by atoms with Crippen LogP contribution in [0.2, 0.25) is 0 Å². The predicted octanol–water partition coefficient (Wildman–Crippen LogP) is 1.93. The number of para-hydroxylation sites is 1. The Balaban J connectivity index is 1.52. The molecule has 0 fully saturated rings. The number of nitrogen functional groups attached to an aromatic ring is 1. The number of carbonyl (C=O) groups excluding carboxylic acids is 1. The molecular formula is C18H23N6O4P. The summed E-state index contributed by atoms with van der Waals surface area (Å²) in [5.74, 6) is 0.711. The van der Waals surface area contributed by atoms with Gasteiger partial charge in [-0.2, -0.15) is 0 Å². The van der Waals surface area contributed by atoms with Crippen molar-refractivity contribution in [1.82, 2.24) is 24.6 Å². The summed E-state index contributed by atoms with van der Waals surface area (Å²) in [6, 6.07) is 9.37. The van der Waals surface area contributed by atoms with E-state index in [0.29, 0.717) is 48.8 Å². The SMILES string of the molecule is CCOC(=O)CNP(COCCn1cnc2c(N)ncnc21)Oc1ccccc1. The van der Waals surface area contributed by atoms with Crippen molar-refractivity contribution in [3.8, 4) is 5.75 Å². The zero-order valence-corrected chi connectivity index (χ0v) is 16.9. The minimum Gasteiger partial charge on any atom is -0.465 e. The van der Waals surface area contributed by atoms with E-state index < -0.39 is 8.30 Å². The molecule has 29 heavy (non-hydrogen) atoms. The van der Waals surface area contributed by atoms with E-state index in [1.165, 1.54) is 6.33 Å². The summed E-state index contributed by atoms with van der Waals surface area (Å²) in [5.41, 5.74) is 7.02. The summed E-state index contributed by atoms with van der Waals surface area (Å²) < 4.78 is 18.5. The van der Waals surface area contributed by atoms with Crippen molar-refractivity contribution in [3.63, 3.8) is 0 Å². The van der Waals surface area contributed by atoms with E-state index in [9.17, 15) is 4.79 Å². The number of nitrogens with one attached hydrogen (secondary N) is 1.